The summed E-state index contributed by atoms with van der Waals surface area (Å²) < 4.78 is 0. The minimum Gasteiger partial charge on any atom is -0.376 e. The van der Waals surface area contributed by atoms with Gasteiger partial charge < -0.3 is 25.8 Å². The van der Waals surface area contributed by atoms with Gasteiger partial charge in [-0.3, -0.25) is 9.59 Å². The van der Waals surface area contributed by atoms with Gasteiger partial charge in [-0.15, -0.1) is 0 Å². The van der Waals surface area contributed by atoms with Gasteiger partial charge in [0.2, 0.25) is 23.7 Å². The molecule has 2 aliphatic rings. The first-order chi connectivity index (χ1) is 20.6. The fraction of sp³-hybridized carbons (Fsp3) is 0.485. The molecule has 2 amide bonds. The maximum absolute atomic E-state index is 12.5. The van der Waals surface area contributed by atoms with Crippen LogP contribution in [-0.2, 0) is 9.59 Å². The Bertz CT molecular complexity index is 1350. The van der Waals surface area contributed by atoms with Crippen LogP contribution in [-0.4, -0.2) is 59.5 Å². The maximum atomic E-state index is 12.5. The molecule has 0 radical (unpaired) electrons. The highest BCUT2D eigenvalue weighted by atomic mass is 16.2. The lowest BCUT2D eigenvalue weighted by molar-refractivity contribution is -0.115. The zero-order valence-electron chi connectivity index (χ0n) is 25.9. The number of nitrogens with one attached hydrogen (secondary N) is 3. The Morgan fingerprint density at radius 1 is 0.674 bits per heavy atom. The molecule has 3 aromatic rings. The van der Waals surface area contributed by atoms with Gasteiger partial charge in [0.25, 0.3) is 0 Å². The Kier molecular flexibility index (Phi) is 9.43. The third-order valence-electron chi connectivity index (χ3n) is 8.00. The lowest BCUT2D eigenvalue weighted by Crippen LogP contribution is -2.42. The predicted octanol–water partition coefficient (Wildman–Crippen LogP) is 5.51. The fourth-order valence-electron chi connectivity index (χ4n) is 6.38. The van der Waals surface area contributed by atoms with E-state index >= 15 is 0 Å². The first-order valence-electron chi connectivity index (χ1n) is 15.4. The first-order valence-corrected chi connectivity index (χ1v) is 15.4. The number of hydrogen-bond donors (Lipinski definition) is 3. The van der Waals surface area contributed by atoms with Gasteiger partial charge in [-0.1, -0.05) is 27.7 Å². The molecule has 228 valence electrons. The van der Waals surface area contributed by atoms with E-state index in [1.165, 1.54) is 19.8 Å². The summed E-state index contributed by atoms with van der Waals surface area (Å²) in [6.07, 6.45) is 2.44. The van der Waals surface area contributed by atoms with E-state index in [2.05, 4.69) is 53.4 Å². The summed E-state index contributed by atoms with van der Waals surface area (Å²) in [4.78, 5) is 43.3. The van der Waals surface area contributed by atoms with E-state index in [0.29, 0.717) is 40.9 Å². The van der Waals surface area contributed by atoms with E-state index in [-0.39, 0.29) is 18.4 Å². The van der Waals surface area contributed by atoms with E-state index in [1.807, 2.05) is 24.3 Å². The molecule has 0 saturated carbocycles. The summed E-state index contributed by atoms with van der Waals surface area (Å²) >= 11 is 0. The molecule has 2 fully saturated rings. The molecule has 5 rings (SSSR count). The van der Waals surface area contributed by atoms with Gasteiger partial charge in [0, 0.05) is 55.7 Å². The Balaban J connectivity index is 1.29. The molecule has 10 heteroatoms. The molecule has 43 heavy (non-hydrogen) atoms. The van der Waals surface area contributed by atoms with Crippen LogP contribution in [0.2, 0.25) is 0 Å². The highest BCUT2D eigenvalue weighted by Gasteiger charge is 2.28. The number of carbonyl (C=O) groups excluding carboxylic acids is 2. The number of nitrogens with zero attached hydrogens (tertiary/aromatic N) is 5. The van der Waals surface area contributed by atoms with Crippen molar-refractivity contribution in [3.8, 4) is 11.4 Å². The Morgan fingerprint density at radius 2 is 1.12 bits per heavy atom. The van der Waals surface area contributed by atoms with Crippen molar-refractivity contribution in [2.75, 3.05) is 58.5 Å². The van der Waals surface area contributed by atoms with Crippen molar-refractivity contribution in [1.82, 2.24) is 15.0 Å². The Labute approximate surface area is 254 Å². The van der Waals surface area contributed by atoms with Crippen LogP contribution < -0.4 is 25.8 Å². The number of amides is 2. The summed E-state index contributed by atoms with van der Waals surface area (Å²) in [6.45, 7) is 14.6. The van der Waals surface area contributed by atoms with Crippen LogP contribution in [0.15, 0.2) is 48.5 Å². The van der Waals surface area contributed by atoms with Gasteiger partial charge >= 0.3 is 0 Å². The van der Waals surface area contributed by atoms with E-state index in [0.717, 1.165) is 49.3 Å². The second-order valence-corrected chi connectivity index (χ2v) is 12.7. The second-order valence-electron chi connectivity index (χ2n) is 12.7. The van der Waals surface area contributed by atoms with Gasteiger partial charge in [0.05, 0.1) is 6.54 Å². The van der Waals surface area contributed by atoms with Crippen molar-refractivity contribution in [2.24, 2.45) is 23.7 Å². The molecular weight excluding hydrogens is 540 g/mol. The average Bonchev–Trinajstić information content (AvgIpc) is 2.96. The number of anilines is 5. The third kappa shape index (κ3) is 8.21. The van der Waals surface area contributed by atoms with Crippen LogP contribution >= 0.6 is 0 Å². The van der Waals surface area contributed by atoms with Crippen LogP contribution in [0.1, 0.15) is 47.5 Å². The van der Waals surface area contributed by atoms with E-state index in [9.17, 15) is 9.59 Å². The minimum absolute atomic E-state index is 0.115. The van der Waals surface area contributed by atoms with Crippen molar-refractivity contribution in [3.05, 3.63) is 48.5 Å². The monoisotopic (exact) mass is 584 g/mol. The molecule has 0 aliphatic carbocycles. The third-order valence-corrected chi connectivity index (χ3v) is 8.00. The Hall–Kier alpha value is -4.21. The van der Waals surface area contributed by atoms with Crippen molar-refractivity contribution in [1.29, 1.82) is 0 Å². The lowest BCUT2D eigenvalue weighted by atomic mass is 9.92. The van der Waals surface area contributed by atoms with Gasteiger partial charge in [0.15, 0.2) is 5.82 Å². The summed E-state index contributed by atoms with van der Waals surface area (Å²) in [5.41, 5.74) is 3.08. The van der Waals surface area contributed by atoms with Crippen molar-refractivity contribution < 1.29 is 9.59 Å². The van der Waals surface area contributed by atoms with Crippen molar-refractivity contribution >= 4 is 40.8 Å². The van der Waals surface area contributed by atoms with Crippen molar-refractivity contribution in [3.63, 3.8) is 0 Å². The summed E-state index contributed by atoms with van der Waals surface area (Å²) in [5, 5.41) is 8.77. The van der Waals surface area contributed by atoms with Gasteiger partial charge in [-0.2, -0.15) is 15.0 Å². The van der Waals surface area contributed by atoms with Crippen LogP contribution in [0.4, 0.5) is 29.0 Å². The number of benzene rings is 2. The molecule has 3 N–H and O–H groups in total. The molecule has 2 aromatic carbocycles. The zero-order chi connectivity index (χ0) is 30.5. The number of piperidine rings is 2. The largest absolute Gasteiger partial charge is 0.376 e. The molecule has 0 spiro atoms. The highest BCUT2D eigenvalue weighted by molar-refractivity contribution is 5.94. The molecule has 10 nitrogen and oxygen atoms in total. The van der Waals surface area contributed by atoms with Crippen LogP contribution in [0.3, 0.4) is 0 Å². The SMILES string of the molecule is CC(=O)Nc1ccc(NC(=O)CNc2ccc(-c3nc(N4CC(C)CC(C)C4)nc(N4CC(C)CC(C)C4)n3)cc2)cc1. The smallest absolute Gasteiger partial charge is 0.243 e. The van der Waals surface area contributed by atoms with Gasteiger partial charge in [-0.05, 0) is 85.0 Å². The minimum atomic E-state index is -0.168. The zero-order valence-corrected chi connectivity index (χ0v) is 25.9. The van der Waals surface area contributed by atoms with Crippen LogP contribution in [0, 0.1) is 23.7 Å². The number of hydrogen-bond acceptors (Lipinski definition) is 8. The molecule has 4 atom stereocenters. The summed E-state index contributed by atoms with van der Waals surface area (Å²) in [7, 11) is 0. The molecule has 4 unspecified atom stereocenters. The predicted molar refractivity (Wildman–Crippen MR) is 173 cm³/mol. The molecule has 3 heterocycles. The van der Waals surface area contributed by atoms with E-state index < -0.39 is 0 Å². The lowest BCUT2D eigenvalue weighted by Gasteiger charge is -2.37. The molecular formula is C33H44N8O2. The highest BCUT2D eigenvalue weighted by Crippen LogP contribution is 2.30. The van der Waals surface area contributed by atoms with Crippen LogP contribution in [0.5, 0.6) is 0 Å². The fourth-order valence-corrected chi connectivity index (χ4v) is 6.38. The Morgan fingerprint density at radius 3 is 1.58 bits per heavy atom. The molecule has 2 aliphatic heterocycles. The number of rotatable bonds is 8. The summed E-state index contributed by atoms with van der Waals surface area (Å²) in [5.74, 6) is 4.24. The second kappa shape index (κ2) is 13.4. The molecule has 2 saturated heterocycles. The average molecular weight is 585 g/mol. The van der Waals surface area contributed by atoms with Crippen LogP contribution in [0.25, 0.3) is 11.4 Å². The van der Waals surface area contributed by atoms with Gasteiger partial charge in [-0.25, -0.2) is 0 Å². The van der Waals surface area contributed by atoms with E-state index in [4.69, 9.17) is 15.0 Å². The quantitative estimate of drug-likeness (QED) is 0.317. The van der Waals surface area contributed by atoms with E-state index in [1.54, 1.807) is 24.3 Å². The van der Waals surface area contributed by atoms with Crippen molar-refractivity contribution in [2.45, 2.75) is 47.5 Å². The first kappa shape index (κ1) is 30.3. The molecule has 1 aromatic heterocycles. The topological polar surface area (TPSA) is 115 Å². The molecule has 0 bridgehead atoms. The number of aromatic nitrogens is 3. The number of carbonyl (C=O) groups is 2. The standard InChI is InChI=1S/C33H44N8O2/c1-21-14-22(2)18-40(17-21)32-37-31(38-33(39-32)41-19-23(3)15-24(4)20-41)26-6-8-27(9-7-26)34-16-30(43)36-29-12-10-28(11-13-29)35-25(5)42/h6-13,21-24,34H,14-20H2,1-5H3,(H,35,42)(H,36,43). The maximum Gasteiger partial charge on any atom is 0.243 e. The summed E-state index contributed by atoms with van der Waals surface area (Å²) in [6, 6.07) is 14.9. The normalized spacial score (nSPS) is 22.2. The van der Waals surface area contributed by atoms with Gasteiger partial charge in [0.1, 0.15) is 0 Å².